The summed E-state index contributed by atoms with van der Waals surface area (Å²) in [5, 5.41) is 12.5. The monoisotopic (exact) mass is 296 g/mol. The lowest BCUT2D eigenvalue weighted by atomic mass is 9.96. The molecule has 1 aromatic carbocycles. The Morgan fingerprint density at radius 3 is 2.73 bits per heavy atom. The minimum atomic E-state index is 0.396. The molecule has 0 fully saturated rings. The van der Waals surface area contributed by atoms with Crippen LogP contribution in [0.2, 0.25) is 0 Å². The van der Waals surface area contributed by atoms with E-state index in [9.17, 15) is 5.21 Å². The smallest absolute Gasteiger partial charge is 0.335 e. The van der Waals surface area contributed by atoms with E-state index in [4.69, 9.17) is 4.74 Å². The van der Waals surface area contributed by atoms with Gasteiger partial charge in [0.1, 0.15) is 5.69 Å². The van der Waals surface area contributed by atoms with E-state index in [-0.39, 0.29) is 0 Å². The topological polar surface area (TPSA) is 49.1 Å². The van der Waals surface area contributed by atoms with Crippen LogP contribution < -0.4 is 9.47 Å². The van der Waals surface area contributed by atoms with Crippen LogP contribution in [-0.4, -0.2) is 11.6 Å². The fourth-order valence-corrected chi connectivity index (χ4v) is 2.80. The molecule has 4 nitrogen and oxygen atoms in total. The van der Waals surface area contributed by atoms with Crippen molar-refractivity contribution in [3.05, 3.63) is 58.2 Å². The molecular weight excluding hydrogens is 276 g/mol. The Balaban J connectivity index is 2.00. The van der Waals surface area contributed by atoms with Gasteiger partial charge in [0.05, 0.1) is 12.2 Å². The SMILES string of the molecule is CCOc1nc(/C=C/c2ccccc2)[n+]([O-])c2c1CCCC2. The quantitative estimate of drug-likeness (QED) is 0.643. The molecule has 3 rings (SSSR count). The predicted molar refractivity (Wildman–Crippen MR) is 86.4 cm³/mol. The van der Waals surface area contributed by atoms with Crippen LogP contribution in [0.15, 0.2) is 30.3 Å². The maximum absolute atomic E-state index is 12.5. The summed E-state index contributed by atoms with van der Waals surface area (Å²) in [7, 11) is 0. The Kier molecular flexibility index (Phi) is 4.37. The maximum Gasteiger partial charge on any atom is 0.335 e. The van der Waals surface area contributed by atoms with Crippen LogP contribution in [0.25, 0.3) is 12.2 Å². The molecular formula is C18H20N2O2. The third-order valence-corrected chi connectivity index (χ3v) is 3.87. The van der Waals surface area contributed by atoms with Crippen molar-refractivity contribution < 1.29 is 9.47 Å². The molecule has 2 aromatic rings. The number of nitrogens with zero attached hydrogens (tertiary/aromatic N) is 2. The van der Waals surface area contributed by atoms with E-state index in [1.165, 1.54) is 0 Å². The lowest BCUT2D eigenvalue weighted by molar-refractivity contribution is -0.620. The highest BCUT2D eigenvalue weighted by Crippen LogP contribution is 2.26. The van der Waals surface area contributed by atoms with Gasteiger partial charge in [-0.3, -0.25) is 0 Å². The number of hydrogen-bond acceptors (Lipinski definition) is 3. The third kappa shape index (κ3) is 2.96. The molecule has 0 radical (unpaired) electrons. The molecule has 114 valence electrons. The van der Waals surface area contributed by atoms with Gasteiger partial charge < -0.3 is 9.94 Å². The van der Waals surface area contributed by atoms with Crippen molar-refractivity contribution in [3.8, 4) is 5.88 Å². The zero-order valence-corrected chi connectivity index (χ0v) is 12.8. The van der Waals surface area contributed by atoms with E-state index in [2.05, 4.69) is 4.98 Å². The van der Waals surface area contributed by atoms with E-state index in [1.807, 2.05) is 43.3 Å². The van der Waals surface area contributed by atoms with Crippen LogP contribution in [0.4, 0.5) is 0 Å². The molecule has 1 aliphatic carbocycles. The van der Waals surface area contributed by atoms with E-state index in [0.29, 0.717) is 18.3 Å². The lowest BCUT2D eigenvalue weighted by Gasteiger charge is -2.19. The van der Waals surface area contributed by atoms with Crippen LogP contribution in [0.3, 0.4) is 0 Å². The minimum absolute atomic E-state index is 0.396. The second-order valence-corrected chi connectivity index (χ2v) is 5.38. The molecule has 0 bridgehead atoms. The number of fused-ring (bicyclic) bond motifs is 1. The van der Waals surface area contributed by atoms with Gasteiger partial charge in [-0.05, 0) is 42.8 Å². The van der Waals surface area contributed by atoms with Gasteiger partial charge in [0, 0.05) is 12.5 Å². The Labute approximate surface area is 130 Å². The molecule has 4 heteroatoms. The summed E-state index contributed by atoms with van der Waals surface area (Å²) in [6, 6.07) is 9.89. The first-order chi connectivity index (χ1) is 10.8. The fraction of sp³-hybridized carbons (Fsp3) is 0.333. The molecule has 0 unspecified atom stereocenters. The van der Waals surface area contributed by atoms with Crippen molar-refractivity contribution in [2.75, 3.05) is 6.61 Å². The molecule has 1 aliphatic rings. The minimum Gasteiger partial charge on any atom is -0.710 e. The first-order valence-electron chi connectivity index (χ1n) is 7.81. The highest BCUT2D eigenvalue weighted by molar-refractivity contribution is 5.65. The molecule has 0 spiro atoms. The highest BCUT2D eigenvalue weighted by Gasteiger charge is 2.25. The first kappa shape index (κ1) is 14.6. The molecule has 22 heavy (non-hydrogen) atoms. The van der Waals surface area contributed by atoms with E-state index >= 15 is 0 Å². The highest BCUT2D eigenvalue weighted by atomic mass is 16.5. The second-order valence-electron chi connectivity index (χ2n) is 5.38. The van der Waals surface area contributed by atoms with Crippen LogP contribution in [0, 0.1) is 5.21 Å². The van der Waals surface area contributed by atoms with Gasteiger partial charge in [0.15, 0.2) is 0 Å². The molecule has 0 atom stereocenters. The van der Waals surface area contributed by atoms with Gasteiger partial charge in [-0.15, -0.1) is 0 Å². The van der Waals surface area contributed by atoms with Crippen molar-refractivity contribution in [3.63, 3.8) is 0 Å². The maximum atomic E-state index is 12.5. The van der Waals surface area contributed by atoms with E-state index in [1.54, 1.807) is 6.08 Å². The number of ether oxygens (including phenoxy) is 1. The number of benzene rings is 1. The third-order valence-electron chi connectivity index (χ3n) is 3.87. The van der Waals surface area contributed by atoms with Gasteiger partial charge in [0.25, 0.3) is 0 Å². The van der Waals surface area contributed by atoms with Crippen molar-refractivity contribution >= 4 is 12.2 Å². The first-order valence-corrected chi connectivity index (χ1v) is 7.81. The van der Waals surface area contributed by atoms with Crippen LogP contribution in [0.5, 0.6) is 5.88 Å². The molecule has 0 N–H and O–H groups in total. The zero-order valence-electron chi connectivity index (χ0n) is 12.8. The van der Waals surface area contributed by atoms with Crippen molar-refractivity contribution in [2.24, 2.45) is 0 Å². The summed E-state index contributed by atoms with van der Waals surface area (Å²) in [6.45, 7) is 2.50. The summed E-state index contributed by atoms with van der Waals surface area (Å²) in [5.41, 5.74) is 2.84. The average Bonchev–Trinajstić information content (AvgIpc) is 2.57. The molecule has 0 saturated carbocycles. The Morgan fingerprint density at radius 1 is 1.18 bits per heavy atom. The van der Waals surface area contributed by atoms with Crippen LogP contribution in [0.1, 0.15) is 42.4 Å². The number of aromatic nitrogens is 2. The van der Waals surface area contributed by atoms with E-state index < -0.39 is 0 Å². The van der Waals surface area contributed by atoms with Gasteiger partial charge in [-0.2, -0.15) is 0 Å². The molecule has 0 saturated heterocycles. The van der Waals surface area contributed by atoms with Gasteiger partial charge >= 0.3 is 11.7 Å². The van der Waals surface area contributed by atoms with Crippen LogP contribution >= 0.6 is 0 Å². The lowest BCUT2D eigenvalue weighted by Crippen LogP contribution is -2.39. The van der Waals surface area contributed by atoms with Crippen LogP contribution in [-0.2, 0) is 12.8 Å². The standard InChI is InChI=1S/C18H20N2O2/c1-2-22-18-15-10-6-7-11-16(15)20(21)17(19-18)13-12-14-8-4-3-5-9-14/h3-5,8-9,12-13H,2,6-7,10-11H2,1H3/b13-12+. The summed E-state index contributed by atoms with van der Waals surface area (Å²) < 4.78 is 6.62. The summed E-state index contributed by atoms with van der Waals surface area (Å²) in [5.74, 6) is 1.02. The number of hydrogen-bond donors (Lipinski definition) is 0. The van der Waals surface area contributed by atoms with Gasteiger partial charge in [-0.25, -0.2) is 4.73 Å². The Morgan fingerprint density at radius 2 is 1.95 bits per heavy atom. The fourth-order valence-electron chi connectivity index (χ4n) is 2.80. The van der Waals surface area contributed by atoms with Gasteiger partial charge in [0.2, 0.25) is 0 Å². The summed E-state index contributed by atoms with van der Waals surface area (Å²) in [6.07, 6.45) is 7.48. The largest absolute Gasteiger partial charge is 0.710 e. The average molecular weight is 296 g/mol. The second kappa shape index (κ2) is 6.60. The summed E-state index contributed by atoms with van der Waals surface area (Å²) in [4.78, 5) is 4.43. The van der Waals surface area contributed by atoms with Crippen molar-refractivity contribution in [2.45, 2.75) is 32.6 Å². The van der Waals surface area contributed by atoms with Crippen molar-refractivity contribution in [1.29, 1.82) is 0 Å². The zero-order chi connectivity index (χ0) is 15.4. The van der Waals surface area contributed by atoms with E-state index in [0.717, 1.165) is 47.2 Å². The normalized spacial score (nSPS) is 14.0. The predicted octanol–water partition coefficient (Wildman–Crippen LogP) is 3.16. The Hall–Kier alpha value is -2.36. The molecule has 0 aliphatic heterocycles. The molecule has 1 aromatic heterocycles. The van der Waals surface area contributed by atoms with Gasteiger partial charge in [-0.1, -0.05) is 30.3 Å². The molecule has 1 heterocycles. The Bertz CT molecular complexity index is 681. The molecule has 0 amide bonds. The van der Waals surface area contributed by atoms with Crippen molar-refractivity contribution in [1.82, 2.24) is 4.98 Å². The summed E-state index contributed by atoms with van der Waals surface area (Å²) >= 11 is 0. The number of rotatable bonds is 4.